The number of furan rings is 1. The lowest BCUT2D eigenvalue weighted by Gasteiger charge is -2.06. The summed E-state index contributed by atoms with van der Waals surface area (Å²) in [6.45, 7) is -0.00101. The third-order valence-electron chi connectivity index (χ3n) is 2.51. The molecule has 0 unspecified atom stereocenters. The molecule has 0 saturated carbocycles. The smallest absolute Gasteiger partial charge is 0.373 e. The number of benzene rings is 1. The minimum absolute atomic E-state index is 0.00101. The highest BCUT2D eigenvalue weighted by atomic mass is 19.2. The van der Waals surface area contributed by atoms with E-state index >= 15 is 0 Å². The Bertz CT molecular complexity index is 640. The molecule has 0 atom stereocenters. The van der Waals surface area contributed by atoms with E-state index in [4.69, 9.17) is 4.42 Å². The van der Waals surface area contributed by atoms with Gasteiger partial charge in [-0.3, -0.25) is 0 Å². The summed E-state index contributed by atoms with van der Waals surface area (Å²) in [4.78, 5) is 11.1. The van der Waals surface area contributed by atoms with Crippen molar-refractivity contribution >= 4 is 11.7 Å². The maximum absolute atomic E-state index is 13.3. The molecule has 1 heterocycles. The zero-order chi connectivity index (χ0) is 14.7. The fraction of sp³-hybridized carbons (Fsp3) is 0.154. The number of ether oxygens (including phenoxy) is 1. The summed E-state index contributed by atoms with van der Waals surface area (Å²) >= 11 is 0. The molecule has 0 fully saturated rings. The van der Waals surface area contributed by atoms with Crippen molar-refractivity contribution in [1.29, 1.82) is 0 Å². The van der Waals surface area contributed by atoms with Crippen LogP contribution in [0.25, 0.3) is 0 Å². The maximum atomic E-state index is 13.3. The largest absolute Gasteiger partial charge is 0.463 e. The molecule has 0 aliphatic heterocycles. The summed E-state index contributed by atoms with van der Waals surface area (Å²) in [7, 11) is 1.21. The van der Waals surface area contributed by atoms with Crippen molar-refractivity contribution in [2.75, 3.05) is 12.4 Å². The van der Waals surface area contributed by atoms with Gasteiger partial charge in [0.2, 0.25) is 5.76 Å². The van der Waals surface area contributed by atoms with Gasteiger partial charge in [0.05, 0.1) is 19.3 Å². The Labute approximate surface area is 112 Å². The molecule has 2 aromatic rings. The second-order valence-electron chi connectivity index (χ2n) is 3.86. The molecule has 106 valence electrons. The zero-order valence-corrected chi connectivity index (χ0v) is 10.4. The van der Waals surface area contributed by atoms with E-state index in [9.17, 15) is 18.0 Å². The Balaban J connectivity index is 2.07. The van der Waals surface area contributed by atoms with Gasteiger partial charge < -0.3 is 14.5 Å². The van der Waals surface area contributed by atoms with E-state index in [1.54, 1.807) is 0 Å². The third kappa shape index (κ3) is 2.93. The zero-order valence-electron chi connectivity index (χ0n) is 10.4. The summed E-state index contributed by atoms with van der Waals surface area (Å²) in [6, 6.07) is 4.02. The number of rotatable bonds is 4. The van der Waals surface area contributed by atoms with E-state index in [1.165, 1.54) is 19.2 Å². The monoisotopic (exact) mass is 285 g/mol. The fourth-order valence-corrected chi connectivity index (χ4v) is 1.52. The van der Waals surface area contributed by atoms with Gasteiger partial charge >= 0.3 is 5.97 Å². The van der Waals surface area contributed by atoms with Crippen molar-refractivity contribution in [2.45, 2.75) is 6.54 Å². The van der Waals surface area contributed by atoms with Crippen molar-refractivity contribution in [2.24, 2.45) is 0 Å². The lowest BCUT2D eigenvalue weighted by atomic mass is 10.2. The predicted octanol–water partition coefficient (Wildman–Crippen LogP) is 3.10. The van der Waals surface area contributed by atoms with Gasteiger partial charge in [0.1, 0.15) is 11.6 Å². The van der Waals surface area contributed by atoms with Crippen LogP contribution in [0.4, 0.5) is 18.9 Å². The first-order chi connectivity index (χ1) is 9.51. The Morgan fingerprint density at radius 3 is 2.60 bits per heavy atom. The lowest BCUT2D eigenvalue weighted by molar-refractivity contribution is 0.0563. The molecule has 1 aromatic heterocycles. The quantitative estimate of drug-likeness (QED) is 0.692. The van der Waals surface area contributed by atoms with Gasteiger partial charge in [-0.25, -0.2) is 18.0 Å². The minimum Gasteiger partial charge on any atom is -0.463 e. The number of carbonyl (C=O) groups excluding carboxylic acids is 1. The topological polar surface area (TPSA) is 51.5 Å². The van der Waals surface area contributed by atoms with Crippen molar-refractivity contribution < 1.29 is 27.1 Å². The van der Waals surface area contributed by atoms with E-state index in [0.717, 1.165) is 0 Å². The Kier molecular flexibility index (Phi) is 3.97. The van der Waals surface area contributed by atoms with E-state index in [2.05, 4.69) is 10.1 Å². The highest BCUT2D eigenvalue weighted by molar-refractivity contribution is 5.86. The van der Waals surface area contributed by atoms with Crippen molar-refractivity contribution in [3.8, 4) is 0 Å². The van der Waals surface area contributed by atoms with Crippen LogP contribution >= 0.6 is 0 Å². The molecule has 20 heavy (non-hydrogen) atoms. The van der Waals surface area contributed by atoms with E-state index in [0.29, 0.717) is 17.9 Å². The van der Waals surface area contributed by atoms with Crippen molar-refractivity contribution in [1.82, 2.24) is 0 Å². The average Bonchev–Trinajstić information content (AvgIpc) is 2.89. The number of anilines is 1. The third-order valence-corrected chi connectivity index (χ3v) is 2.51. The van der Waals surface area contributed by atoms with Gasteiger partial charge in [-0.05, 0) is 12.1 Å². The van der Waals surface area contributed by atoms with E-state index in [1.807, 2.05) is 0 Å². The number of nitrogens with one attached hydrogen (secondary N) is 1. The summed E-state index contributed by atoms with van der Waals surface area (Å²) in [6.07, 6.45) is 0. The standard InChI is InChI=1S/C13H10F3NO3/c1-19-13(18)12-3-2-7(20-12)6-17-11-5-9(15)8(14)4-10(11)16/h2-5,17H,6H2,1H3. The first-order valence-electron chi connectivity index (χ1n) is 5.56. The maximum Gasteiger partial charge on any atom is 0.373 e. The Hall–Kier alpha value is -2.44. The van der Waals surface area contributed by atoms with Crippen LogP contribution in [0, 0.1) is 17.5 Å². The predicted molar refractivity (Wildman–Crippen MR) is 63.7 cm³/mol. The van der Waals surface area contributed by atoms with Crippen LogP contribution in [0.3, 0.4) is 0 Å². The Morgan fingerprint density at radius 2 is 1.90 bits per heavy atom. The molecule has 0 aliphatic carbocycles. The molecular formula is C13H10F3NO3. The molecule has 0 aliphatic rings. The summed E-state index contributed by atoms with van der Waals surface area (Å²) in [5.74, 6) is -3.69. The van der Waals surface area contributed by atoms with Gasteiger partial charge in [0.15, 0.2) is 11.6 Å². The molecule has 1 N–H and O–H groups in total. The molecule has 0 radical (unpaired) electrons. The minimum atomic E-state index is -1.26. The van der Waals surface area contributed by atoms with Gasteiger partial charge in [-0.1, -0.05) is 0 Å². The number of esters is 1. The first-order valence-corrected chi connectivity index (χ1v) is 5.56. The fourth-order valence-electron chi connectivity index (χ4n) is 1.52. The Morgan fingerprint density at radius 1 is 1.20 bits per heavy atom. The molecule has 1 aromatic carbocycles. The van der Waals surface area contributed by atoms with Crippen LogP contribution < -0.4 is 5.32 Å². The average molecular weight is 285 g/mol. The number of hydrogen-bond donors (Lipinski definition) is 1. The van der Waals surface area contributed by atoms with Gasteiger partial charge in [-0.15, -0.1) is 0 Å². The van der Waals surface area contributed by atoms with Gasteiger partial charge in [0.25, 0.3) is 0 Å². The van der Waals surface area contributed by atoms with Crippen molar-refractivity contribution in [3.63, 3.8) is 0 Å². The van der Waals surface area contributed by atoms with Gasteiger partial charge in [-0.2, -0.15) is 0 Å². The molecular weight excluding hydrogens is 275 g/mol. The van der Waals surface area contributed by atoms with E-state index < -0.39 is 23.4 Å². The molecule has 4 nitrogen and oxygen atoms in total. The molecule has 0 amide bonds. The first kappa shape index (κ1) is 14.0. The number of carbonyl (C=O) groups is 1. The number of methoxy groups -OCH3 is 1. The van der Waals surface area contributed by atoms with Crippen LogP contribution in [-0.4, -0.2) is 13.1 Å². The molecule has 0 spiro atoms. The van der Waals surface area contributed by atoms with Crippen molar-refractivity contribution in [3.05, 3.63) is 53.2 Å². The van der Waals surface area contributed by atoms with Crippen LogP contribution in [0.15, 0.2) is 28.7 Å². The lowest BCUT2D eigenvalue weighted by Crippen LogP contribution is -2.03. The van der Waals surface area contributed by atoms with Crippen LogP contribution in [0.1, 0.15) is 16.3 Å². The SMILES string of the molecule is COC(=O)c1ccc(CNc2cc(F)c(F)cc2F)o1. The number of halogens is 3. The van der Waals surface area contributed by atoms with Crippen LogP contribution in [-0.2, 0) is 11.3 Å². The highest BCUT2D eigenvalue weighted by Gasteiger charge is 2.13. The summed E-state index contributed by atoms with van der Waals surface area (Å²) in [5, 5.41) is 2.54. The normalized spacial score (nSPS) is 10.4. The highest BCUT2D eigenvalue weighted by Crippen LogP contribution is 2.19. The molecule has 2 rings (SSSR count). The summed E-state index contributed by atoms with van der Waals surface area (Å²) < 4.78 is 48.6. The number of hydrogen-bond acceptors (Lipinski definition) is 4. The van der Waals surface area contributed by atoms with Gasteiger partial charge in [0, 0.05) is 12.1 Å². The second-order valence-corrected chi connectivity index (χ2v) is 3.86. The second kappa shape index (κ2) is 5.68. The van der Waals surface area contributed by atoms with Crippen LogP contribution in [0.2, 0.25) is 0 Å². The molecule has 7 heteroatoms. The molecule has 0 saturated heterocycles. The summed E-state index contributed by atoms with van der Waals surface area (Å²) in [5.41, 5.74) is -0.208. The molecule has 0 bridgehead atoms. The van der Waals surface area contributed by atoms with Crippen LogP contribution in [0.5, 0.6) is 0 Å². The van der Waals surface area contributed by atoms with E-state index in [-0.39, 0.29) is 18.0 Å².